The Balaban J connectivity index is 2.09. The minimum atomic E-state index is -1.23. The van der Waals surface area contributed by atoms with Crippen LogP contribution >= 0.6 is 0 Å². The molecule has 1 aliphatic carbocycles. The molecule has 1 aliphatic heterocycles. The molecule has 1 saturated heterocycles. The lowest BCUT2D eigenvalue weighted by atomic mass is 9.68. The number of carbonyl (C=O) groups is 2. The molecule has 1 saturated carbocycles. The molecule has 1 heterocycles. The van der Waals surface area contributed by atoms with E-state index in [-0.39, 0.29) is 0 Å². The lowest BCUT2D eigenvalue weighted by Gasteiger charge is -2.41. The highest BCUT2D eigenvalue weighted by atomic mass is 16.7. The fourth-order valence-corrected chi connectivity index (χ4v) is 4.02. The van der Waals surface area contributed by atoms with Crippen molar-refractivity contribution in [1.29, 1.82) is 0 Å². The molecule has 0 unspecified atom stereocenters. The van der Waals surface area contributed by atoms with Crippen molar-refractivity contribution in [1.82, 2.24) is 0 Å². The van der Waals surface area contributed by atoms with E-state index in [1.54, 1.807) is 34.1 Å². The van der Waals surface area contributed by atoms with Crippen LogP contribution in [0.5, 0.6) is 11.5 Å². The Morgan fingerprint density at radius 2 is 1.40 bits per heavy atom. The largest absolute Gasteiger partial charge is 0.497 e. The molecule has 1 aromatic rings. The molecule has 0 atom stereocenters. The third kappa shape index (κ3) is 3.05. The van der Waals surface area contributed by atoms with Crippen molar-refractivity contribution >= 4 is 11.9 Å². The van der Waals surface area contributed by atoms with E-state index in [4.69, 9.17) is 18.9 Å². The number of methoxy groups -OCH3 is 2. The van der Waals surface area contributed by atoms with E-state index in [2.05, 4.69) is 0 Å². The Bertz CT molecular complexity index is 645. The van der Waals surface area contributed by atoms with Gasteiger partial charge in [0.1, 0.15) is 11.5 Å². The number of benzene rings is 1. The zero-order valence-corrected chi connectivity index (χ0v) is 15.1. The van der Waals surface area contributed by atoms with Gasteiger partial charge in [0, 0.05) is 25.3 Å². The van der Waals surface area contributed by atoms with Crippen LogP contribution in [0, 0.1) is 5.92 Å². The smallest absolute Gasteiger partial charge is 0.324 e. The van der Waals surface area contributed by atoms with Gasteiger partial charge in [-0.25, -0.2) is 0 Å². The van der Waals surface area contributed by atoms with Crippen molar-refractivity contribution in [3.8, 4) is 11.5 Å². The number of esters is 2. The van der Waals surface area contributed by atoms with E-state index in [0.717, 1.165) is 18.4 Å². The van der Waals surface area contributed by atoms with Crippen LogP contribution in [-0.4, -0.2) is 31.9 Å². The highest BCUT2D eigenvalue weighted by Gasteiger charge is 2.56. The summed E-state index contributed by atoms with van der Waals surface area (Å²) in [6, 6.07) is 5.51. The van der Waals surface area contributed by atoms with Gasteiger partial charge in [0.15, 0.2) is 5.92 Å². The number of rotatable bonds is 4. The molecular formula is C19H24O6. The standard InChI is InChI=1S/C19H24O6/c1-18(2)24-16(20)15(17(21)25-18)19(7-5-6-8-19)12-9-13(22-3)11-14(10-12)23-4/h9-11,15H,5-8H2,1-4H3. The summed E-state index contributed by atoms with van der Waals surface area (Å²) in [5.41, 5.74) is 0.187. The van der Waals surface area contributed by atoms with Gasteiger partial charge in [-0.3, -0.25) is 9.59 Å². The second kappa shape index (κ2) is 6.24. The SMILES string of the molecule is COc1cc(OC)cc(C2(C3C(=O)OC(C)(C)OC3=O)CCCC2)c1. The molecule has 2 aliphatic rings. The number of ether oxygens (including phenoxy) is 4. The molecule has 2 fully saturated rings. The molecule has 0 spiro atoms. The van der Waals surface area contributed by atoms with Crippen LogP contribution in [0.3, 0.4) is 0 Å². The minimum absolute atomic E-state index is 0.523. The minimum Gasteiger partial charge on any atom is -0.497 e. The second-order valence-corrected chi connectivity index (χ2v) is 7.14. The molecule has 0 aromatic heterocycles. The fourth-order valence-electron chi connectivity index (χ4n) is 4.02. The van der Waals surface area contributed by atoms with Gasteiger partial charge in [0.05, 0.1) is 14.2 Å². The maximum atomic E-state index is 12.7. The van der Waals surface area contributed by atoms with Crippen molar-refractivity contribution in [2.24, 2.45) is 5.92 Å². The Morgan fingerprint density at radius 1 is 0.920 bits per heavy atom. The zero-order valence-electron chi connectivity index (χ0n) is 15.1. The van der Waals surface area contributed by atoms with E-state index >= 15 is 0 Å². The number of hydrogen-bond acceptors (Lipinski definition) is 6. The highest BCUT2D eigenvalue weighted by Crippen LogP contribution is 2.50. The molecule has 0 radical (unpaired) electrons. The predicted octanol–water partition coefficient (Wildman–Crippen LogP) is 2.97. The van der Waals surface area contributed by atoms with Crippen LogP contribution in [0.1, 0.15) is 45.1 Å². The maximum absolute atomic E-state index is 12.7. The Morgan fingerprint density at radius 3 is 1.84 bits per heavy atom. The summed E-state index contributed by atoms with van der Waals surface area (Å²) in [4.78, 5) is 25.4. The predicted molar refractivity (Wildman–Crippen MR) is 89.4 cm³/mol. The van der Waals surface area contributed by atoms with E-state index in [0.29, 0.717) is 24.3 Å². The molecule has 0 N–H and O–H groups in total. The van der Waals surface area contributed by atoms with Gasteiger partial charge < -0.3 is 18.9 Å². The zero-order chi connectivity index (χ0) is 18.2. The summed E-state index contributed by atoms with van der Waals surface area (Å²) in [5, 5.41) is 0. The Hall–Kier alpha value is -2.24. The normalized spacial score (nSPS) is 22.2. The van der Waals surface area contributed by atoms with Crippen molar-refractivity contribution in [2.75, 3.05) is 14.2 Å². The van der Waals surface area contributed by atoms with Gasteiger partial charge in [-0.1, -0.05) is 12.8 Å². The van der Waals surface area contributed by atoms with E-state index in [1.165, 1.54) is 0 Å². The second-order valence-electron chi connectivity index (χ2n) is 7.14. The first-order valence-electron chi connectivity index (χ1n) is 8.50. The maximum Gasteiger partial charge on any atom is 0.324 e. The highest BCUT2D eigenvalue weighted by molar-refractivity contribution is 5.98. The topological polar surface area (TPSA) is 71.1 Å². The summed E-state index contributed by atoms with van der Waals surface area (Å²) in [6.45, 7) is 3.13. The monoisotopic (exact) mass is 348 g/mol. The van der Waals surface area contributed by atoms with Crippen LogP contribution in [0.2, 0.25) is 0 Å². The van der Waals surface area contributed by atoms with Gasteiger partial charge in [0.25, 0.3) is 5.79 Å². The van der Waals surface area contributed by atoms with Crippen LogP contribution in [0.25, 0.3) is 0 Å². The third-order valence-corrected chi connectivity index (χ3v) is 5.14. The average molecular weight is 348 g/mol. The van der Waals surface area contributed by atoms with E-state index in [1.807, 2.05) is 12.1 Å². The summed E-state index contributed by atoms with van der Waals surface area (Å²) in [7, 11) is 3.15. The summed E-state index contributed by atoms with van der Waals surface area (Å²) >= 11 is 0. The molecule has 0 bridgehead atoms. The molecule has 1 aromatic carbocycles. The van der Waals surface area contributed by atoms with Gasteiger partial charge in [-0.15, -0.1) is 0 Å². The molecule has 0 amide bonds. The first-order chi connectivity index (χ1) is 11.8. The Labute approximate surface area is 147 Å². The molecule has 3 rings (SSSR count). The fraction of sp³-hybridized carbons (Fsp3) is 0.579. The van der Waals surface area contributed by atoms with Crippen molar-refractivity contribution in [3.05, 3.63) is 23.8 Å². The summed E-state index contributed by atoms with van der Waals surface area (Å²) < 4.78 is 21.5. The van der Waals surface area contributed by atoms with Crippen molar-refractivity contribution in [3.63, 3.8) is 0 Å². The average Bonchev–Trinajstić information content (AvgIpc) is 3.03. The lowest BCUT2D eigenvalue weighted by Crippen LogP contribution is -2.53. The summed E-state index contributed by atoms with van der Waals surface area (Å²) in [6.07, 6.45) is 3.27. The summed E-state index contributed by atoms with van der Waals surface area (Å²) in [5.74, 6) is -2.00. The first-order valence-corrected chi connectivity index (χ1v) is 8.50. The van der Waals surface area contributed by atoms with Crippen molar-refractivity contribution < 1.29 is 28.5 Å². The van der Waals surface area contributed by atoms with Crippen LogP contribution in [0.4, 0.5) is 0 Å². The van der Waals surface area contributed by atoms with Gasteiger partial charge in [-0.2, -0.15) is 0 Å². The van der Waals surface area contributed by atoms with Gasteiger partial charge >= 0.3 is 11.9 Å². The quantitative estimate of drug-likeness (QED) is 0.615. The molecule has 136 valence electrons. The van der Waals surface area contributed by atoms with Gasteiger partial charge in [0.2, 0.25) is 0 Å². The van der Waals surface area contributed by atoms with Gasteiger partial charge in [-0.05, 0) is 30.5 Å². The third-order valence-electron chi connectivity index (χ3n) is 5.14. The molecule has 6 nitrogen and oxygen atoms in total. The number of cyclic esters (lactones) is 2. The van der Waals surface area contributed by atoms with E-state index < -0.39 is 29.1 Å². The first kappa shape index (κ1) is 17.6. The Kier molecular flexibility index (Phi) is 4.39. The van der Waals surface area contributed by atoms with Crippen molar-refractivity contribution in [2.45, 2.75) is 50.7 Å². The van der Waals surface area contributed by atoms with E-state index in [9.17, 15) is 9.59 Å². The molecular weight excluding hydrogens is 324 g/mol. The van der Waals surface area contributed by atoms with Crippen LogP contribution in [0.15, 0.2) is 18.2 Å². The lowest BCUT2D eigenvalue weighted by molar-refractivity contribution is -0.243. The van der Waals surface area contributed by atoms with Crippen LogP contribution in [-0.2, 0) is 24.5 Å². The number of hydrogen-bond donors (Lipinski definition) is 0. The molecule has 6 heteroatoms. The molecule has 25 heavy (non-hydrogen) atoms. The number of carbonyl (C=O) groups excluding carboxylic acids is 2. The van der Waals surface area contributed by atoms with Crippen LogP contribution < -0.4 is 9.47 Å².